The first-order valence-corrected chi connectivity index (χ1v) is 6.79. The molecule has 0 aromatic carbocycles. The number of amides is 1. The van der Waals surface area contributed by atoms with Crippen molar-refractivity contribution in [3.63, 3.8) is 0 Å². The molecule has 1 atom stereocenters. The Morgan fingerprint density at radius 1 is 1.45 bits per heavy atom. The van der Waals surface area contributed by atoms with Gasteiger partial charge in [-0.15, -0.1) is 12.4 Å². The standard InChI is InChI=1S/C13H15F3N4O.ClH/c1-2-19-9-5-8(13(14,15)16)6-18-11(9)20-4-3-17-7-10(20)12(19)21;/h5-6,10,17H,2-4,7H2,1H3;1H/t10-;/m1./s1. The fraction of sp³-hybridized carbons (Fsp3) is 0.538. The van der Waals surface area contributed by atoms with Gasteiger partial charge in [-0.3, -0.25) is 4.79 Å². The summed E-state index contributed by atoms with van der Waals surface area (Å²) in [6.07, 6.45) is -3.63. The van der Waals surface area contributed by atoms with Gasteiger partial charge in [-0.05, 0) is 13.0 Å². The van der Waals surface area contributed by atoms with Crippen LogP contribution >= 0.6 is 12.4 Å². The average molecular weight is 337 g/mol. The van der Waals surface area contributed by atoms with Crippen molar-refractivity contribution in [2.24, 2.45) is 0 Å². The van der Waals surface area contributed by atoms with E-state index in [1.165, 1.54) is 4.90 Å². The summed E-state index contributed by atoms with van der Waals surface area (Å²) in [7, 11) is 0. The Bertz CT molecular complexity index is 581. The minimum Gasteiger partial charge on any atom is -0.340 e. The van der Waals surface area contributed by atoms with Gasteiger partial charge in [0, 0.05) is 32.4 Å². The maximum atomic E-state index is 12.9. The number of carbonyl (C=O) groups excluding carboxylic acids is 1. The fourth-order valence-corrected chi connectivity index (χ4v) is 2.82. The van der Waals surface area contributed by atoms with Crippen LogP contribution in [0.2, 0.25) is 0 Å². The third kappa shape index (κ3) is 2.61. The van der Waals surface area contributed by atoms with Crippen LogP contribution in [-0.2, 0) is 11.0 Å². The minimum absolute atomic E-state index is 0. The molecule has 1 aromatic heterocycles. The lowest BCUT2D eigenvalue weighted by Crippen LogP contribution is -2.62. The molecule has 1 aromatic rings. The van der Waals surface area contributed by atoms with Gasteiger partial charge in [0.15, 0.2) is 5.82 Å². The van der Waals surface area contributed by atoms with E-state index in [2.05, 4.69) is 10.3 Å². The van der Waals surface area contributed by atoms with E-state index in [9.17, 15) is 18.0 Å². The van der Waals surface area contributed by atoms with Crippen LogP contribution in [0.1, 0.15) is 12.5 Å². The number of rotatable bonds is 1. The highest BCUT2D eigenvalue weighted by molar-refractivity contribution is 6.05. The molecule has 1 saturated heterocycles. The number of aromatic nitrogens is 1. The number of carbonyl (C=O) groups is 1. The summed E-state index contributed by atoms with van der Waals surface area (Å²) in [6, 6.07) is 0.623. The zero-order chi connectivity index (χ0) is 15.2. The van der Waals surface area contributed by atoms with Crippen molar-refractivity contribution >= 4 is 29.8 Å². The van der Waals surface area contributed by atoms with E-state index >= 15 is 0 Å². The highest BCUT2D eigenvalue weighted by Crippen LogP contribution is 2.39. The lowest BCUT2D eigenvalue weighted by Gasteiger charge is -2.44. The molecule has 1 amide bonds. The van der Waals surface area contributed by atoms with Crippen molar-refractivity contribution < 1.29 is 18.0 Å². The molecule has 0 saturated carbocycles. The van der Waals surface area contributed by atoms with Crippen LogP contribution < -0.4 is 15.1 Å². The third-order valence-corrected chi connectivity index (χ3v) is 3.85. The fourth-order valence-electron chi connectivity index (χ4n) is 2.82. The second-order valence-corrected chi connectivity index (χ2v) is 5.06. The van der Waals surface area contributed by atoms with Gasteiger partial charge in [-0.25, -0.2) is 4.98 Å². The van der Waals surface area contributed by atoms with Crippen molar-refractivity contribution in [1.82, 2.24) is 10.3 Å². The largest absolute Gasteiger partial charge is 0.417 e. The van der Waals surface area contributed by atoms with Crippen LogP contribution in [0.4, 0.5) is 24.7 Å². The normalized spacial score (nSPS) is 21.1. The molecule has 2 aliphatic rings. The topological polar surface area (TPSA) is 48.5 Å². The van der Waals surface area contributed by atoms with Gasteiger partial charge in [-0.2, -0.15) is 13.2 Å². The molecule has 0 aliphatic carbocycles. The summed E-state index contributed by atoms with van der Waals surface area (Å²) in [4.78, 5) is 19.6. The first-order chi connectivity index (χ1) is 9.93. The highest BCUT2D eigenvalue weighted by Gasteiger charge is 2.41. The lowest BCUT2D eigenvalue weighted by atomic mass is 10.1. The van der Waals surface area contributed by atoms with E-state index in [0.717, 1.165) is 12.3 Å². The van der Waals surface area contributed by atoms with Gasteiger partial charge in [0.2, 0.25) is 0 Å². The summed E-state index contributed by atoms with van der Waals surface area (Å²) >= 11 is 0. The number of hydrogen-bond donors (Lipinski definition) is 1. The molecule has 3 rings (SSSR count). The average Bonchev–Trinajstić information content (AvgIpc) is 2.46. The molecule has 1 N–H and O–H groups in total. The molecule has 0 spiro atoms. The second-order valence-electron chi connectivity index (χ2n) is 5.06. The third-order valence-electron chi connectivity index (χ3n) is 3.85. The summed E-state index contributed by atoms with van der Waals surface area (Å²) < 4.78 is 38.6. The molecule has 1 fully saturated rings. The molecule has 5 nitrogen and oxygen atoms in total. The molecule has 9 heteroatoms. The van der Waals surface area contributed by atoms with E-state index in [1.807, 2.05) is 0 Å². The second kappa shape index (κ2) is 5.92. The van der Waals surface area contributed by atoms with Gasteiger partial charge in [0.05, 0.1) is 11.3 Å². The Hall–Kier alpha value is -1.54. The maximum Gasteiger partial charge on any atom is 0.417 e. The Morgan fingerprint density at radius 2 is 2.18 bits per heavy atom. The first kappa shape index (κ1) is 16.8. The molecule has 3 heterocycles. The molecule has 22 heavy (non-hydrogen) atoms. The van der Waals surface area contributed by atoms with Crippen molar-refractivity contribution in [2.45, 2.75) is 19.1 Å². The van der Waals surface area contributed by atoms with Gasteiger partial charge < -0.3 is 15.1 Å². The van der Waals surface area contributed by atoms with Crippen molar-refractivity contribution in [3.05, 3.63) is 17.8 Å². The van der Waals surface area contributed by atoms with Crippen LogP contribution in [0.3, 0.4) is 0 Å². The van der Waals surface area contributed by atoms with E-state index < -0.39 is 17.8 Å². The number of nitrogens with one attached hydrogen (secondary N) is 1. The number of alkyl halides is 3. The maximum absolute atomic E-state index is 12.9. The van der Waals surface area contributed by atoms with E-state index in [1.54, 1.807) is 11.8 Å². The van der Waals surface area contributed by atoms with Crippen LogP contribution in [0, 0.1) is 0 Å². The molecule has 2 aliphatic heterocycles. The molecule has 0 bridgehead atoms. The predicted molar refractivity (Wildman–Crippen MR) is 78.5 cm³/mol. The van der Waals surface area contributed by atoms with Crippen LogP contribution in [-0.4, -0.2) is 43.1 Å². The molecule has 0 radical (unpaired) electrons. The van der Waals surface area contributed by atoms with Crippen LogP contribution in [0.15, 0.2) is 12.3 Å². The summed E-state index contributed by atoms with van der Waals surface area (Å²) in [5.41, 5.74) is -0.587. The zero-order valence-electron chi connectivity index (χ0n) is 11.9. The number of piperazine rings is 1. The monoisotopic (exact) mass is 336 g/mol. The summed E-state index contributed by atoms with van der Waals surface area (Å²) in [5.74, 6) is 0.272. The molecule has 122 valence electrons. The molecule has 0 unspecified atom stereocenters. The van der Waals surface area contributed by atoms with E-state index in [0.29, 0.717) is 32.0 Å². The highest BCUT2D eigenvalue weighted by atomic mass is 35.5. The number of fused-ring (bicyclic) bond motifs is 3. The number of halogens is 4. The first-order valence-electron chi connectivity index (χ1n) is 6.79. The van der Waals surface area contributed by atoms with Gasteiger partial charge in [0.1, 0.15) is 6.04 Å². The quantitative estimate of drug-likeness (QED) is 0.847. The number of hydrogen-bond acceptors (Lipinski definition) is 4. The number of nitrogens with zero attached hydrogens (tertiary/aromatic N) is 3. The lowest BCUT2D eigenvalue weighted by molar-refractivity contribution is -0.137. The summed E-state index contributed by atoms with van der Waals surface area (Å²) in [6.45, 7) is 3.78. The number of likely N-dealkylation sites (N-methyl/N-ethyl adjacent to an activating group) is 1. The molecular formula is C13H16ClF3N4O. The van der Waals surface area contributed by atoms with Gasteiger partial charge >= 0.3 is 6.18 Å². The number of anilines is 2. The Balaban J connectivity index is 0.00000176. The van der Waals surface area contributed by atoms with Crippen molar-refractivity contribution in [2.75, 3.05) is 36.0 Å². The van der Waals surface area contributed by atoms with Gasteiger partial charge in [-0.1, -0.05) is 0 Å². The summed E-state index contributed by atoms with van der Waals surface area (Å²) in [5, 5.41) is 3.13. The smallest absolute Gasteiger partial charge is 0.340 e. The Morgan fingerprint density at radius 3 is 2.82 bits per heavy atom. The van der Waals surface area contributed by atoms with E-state index in [-0.39, 0.29) is 24.0 Å². The van der Waals surface area contributed by atoms with E-state index in [4.69, 9.17) is 0 Å². The Labute approximate surface area is 131 Å². The van der Waals surface area contributed by atoms with Gasteiger partial charge in [0.25, 0.3) is 5.91 Å². The van der Waals surface area contributed by atoms with Crippen molar-refractivity contribution in [3.8, 4) is 0 Å². The number of pyridine rings is 1. The predicted octanol–water partition coefficient (Wildman–Crippen LogP) is 1.67. The van der Waals surface area contributed by atoms with Crippen molar-refractivity contribution in [1.29, 1.82) is 0 Å². The zero-order valence-corrected chi connectivity index (χ0v) is 12.7. The Kier molecular flexibility index (Phi) is 4.53. The SMILES string of the molecule is CCN1C(=O)[C@H]2CNCCN2c2ncc(C(F)(F)F)cc21.Cl. The van der Waals surface area contributed by atoms with Crippen LogP contribution in [0.5, 0.6) is 0 Å². The van der Waals surface area contributed by atoms with Crippen LogP contribution in [0.25, 0.3) is 0 Å². The molecular weight excluding hydrogens is 321 g/mol. The minimum atomic E-state index is -4.47.